The molecular weight excluding hydrogens is 402 g/mol. The van der Waals surface area contributed by atoms with Crippen LogP contribution in [0.25, 0.3) is 11.1 Å². The lowest BCUT2D eigenvalue weighted by Gasteiger charge is -2.34. The summed E-state index contributed by atoms with van der Waals surface area (Å²) in [7, 11) is 3.99. The smallest absolute Gasteiger partial charge is 0.252 e. The minimum Gasteiger partial charge on any atom is -0.508 e. The lowest BCUT2D eigenvalue weighted by atomic mass is 10.0. The molecule has 32 heavy (non-hydrogen) atoms. The number of rotatable bonds is 5. The van der Waals surface area contributed by atoms with Gasteiger partial charge in [0, 0.05) is 56.2 Å². The maximum atomic E-state index is 13.2. The van der Waals surface area contributed by atoms with Crippen molar-refractivity contribution in [3.63, 3.8) is 0 Å². The minimum absolute atomic E-state index is 0.114. The van der Waals surface area contributed by atoms with Crippen molar-refractivity contribution < 1.29 is 9.90 Å². The second-order valence-electron chi connectivity index (χ2n) is 8.70. The Morgan fingerprint density at radius 2 is 1.81 bits per heavy atom. The fourth-order valence-corrected chi connectivity index (χ4v) is 4.10. The number of phenolic OH excluding ortho intramolecular Hbond substituents is 1. The molecular formula is C25H31N5O2. The van der Waals surface area contributed by atoms with Crippen LogP contribution in [-0.4, -0.2) is 58.9 Å². The summed E-state index contributed by atoms with van der Waals surface area (Å²) in [6, 6.07) is 11.2. The van der Waals surface area contributed by atoms with Gasteiger partial charge < -0.3 is 20.2 Å². The van der Waals surface area contributed by atoms with Crippen molar-refractivity contribution in [1.29, 1.82) is 0 Å². The van der Waals surface area contributed by atoms with Crippen LogP contribution in [0.15, 0.2) is 48.8 Å². The average molecular weight is 434 g/mol. The zero-order valence-corrected chi connectivity index (χ0v) is 19.2. The number of nitrogens with zero attached hydrogens (tertiary/aromatic N) is 4. The number of aryl methyl sites for hydroxylation is 2. The molecule has 1 fully saturated rings. The second-order valence-corrected chi connectivity index (χ2v) is 8.70. The van der Waals surface area contributed by atoms with E-state index in [0.29, 0.717) is 5.56 Å². The molecule has 7 heteroatoms. The van der Waals surface area contributed by atoms with Crippen molar-refractivity contribution in [2.75, 3.05) is 38.1 Å². The second kappa shape index (κ2) is 9.04. The van der Waals surface area contributed by atoms with Crippen LogP contribution in [0.5, 0.6) is 5.75 Å². The summed E-state index contributed by atoms with van der Waals surface area (Å²) >= 11 is 0. The number of hydrogen-bond donors (Lipinski definition) is 2. The highest BCUT2D eigenvalue weighted by Crippen LogP contribution is 2.28. The van der Waals surface area contributed by atoms with Gasteiger partial charge in [-0.05, 0) is 67.9 Å². The van der Waals surface area contributed by atoms with Gasteiger partial charge in [0.25, 0.3) is 5.91 Å². The van der Waals surface area contributed by atoms with Gasteiger partial charge in [0.2, 0.25) is 0 Å². The van der Waals surface area contributed by atoms with Gasteiger partial charge in [-0.2, -0.15) is 5.10 Å². The van der Waals surface area contributed by atoms with Crippen LogP contribution in [-0.2, 0) is 7.05 Å². The summed E-state index contributed by atoms with van der Waals surface area (Å²) in [4.78, 5) is 17.8. The molecule has 1 atom stereocenters. The highest BCUT2D eigenvalue weighted by atomic mass is 16.3. The van der Waals surface area contributed by atoms with E-state index in [0.717, 1.165) is 54.1 Å². The van der Waals surface area contributed by atoms with E-state index < -0.39 is 0 Å². The molecule has 3 aromatic rings. The topological polar surface area (TPSA) is 73.6 Å². The summed E-state index contributed by atoms with van der Waals surface area (Å²) in [5, 5.41) is 17.6. The third-order valence-corrected chi connectivity index (χ3v) is 6.16. The zero-order chi connectivity index (χ0) is 22.8. The number of amides is 1. The van der Waals surface area contributed by atoms with E-state index in [1.54, 1.807) is 23.0 Å². The fourth-order valence-electron chi connectivity index (χ4n) is 4.10. The van der Waals surface area contributed by atoms with Gasteiger partial charge in [-0.1, -0.05) is 6.07 Å². The van der Waals surface area contributed by atoms with Crippen LogP contribution in [0.2, 0.25) is 0 Å². The Labute approximate surface area is 189 Å². The van der Waals surface area contributed by atoms with Crippen molar-refractivity contribution in [3.05, 3.63) is 65.5 Å². The molecule has 2 heterocycles. The number of aromatic hydroxyl groups is 1. The van der Waals surface area contributed by atoms with Gasteiger partial charge >= 0.3 is 0 Å². The van der Waals surface area contributed by atoms with E-state index >= 15 is 0 Å². The zero-order valence-electron chi connectivity index (χ0n) is 19.2. The van der Waals surface area contributed by atoms with Crippen molar-refractivity contribution in [3.8, 4) is 16.9 Å². The molecule has 0 bridgehead atoms. The highest BCUT2D eigenvalue weighted by molar-refractivity contribution is 5.97. The number of hydrogen-bond acceptors (Lipinski definition) is 5. The molecule has 1 aromatic heterocycles. The minimum atomic E-state index is -0.267. The third kappa shape index (κ3) is 4.78. The number of nitrogens with one attached hydrogen (secondary N) is 1. The standard InChI is InChI=1S/C25H31N5O2/c1-17-5-6-22(30-9-7-28(3)8-10-30)14-24(17)25(32)27-18(2)19-11-20(13-23(31)12-19)21-15-26-29(4)16-21/h5-6,11-16,18,31H,7-10H2,1-4H3,(H,27,32). The molecule has 2 aromatic carbocycles. The summed E-state index contributed by atoms with van der Waals surface area (Å²) < 4.78 is 1.72. The van der Waals surface area contributed by atoms with Gasteiger partial charge in [-0.3, -0.25) is 9.48 Å². The number of piperazine rings is 1. The Kier molecular flexibility index (Phi) is 6.19. The normalized spacial score (nSPS) is 15.6. The van der Waals surface area contributed by atoms with Crippen LogP contribution in [0.1, 0.15) is 34.5 Å². The number of aromatic nitrogens is 2. The Hall–Kier alpha value is -3.32. The number of carbonyl (C=O) groups is 1. The van der Waals surface area contributed by atoms with Crippen LogP contribution >= 0.6 is 0 Å². The first-order valence-corrected chi connectivity index (χ1v) is 11.0. The lowest BCUT2D eigenvalue weighted by Crippen LogP contribution is -2.44. The van der Waals surface area contributed by atoms with E-state index in [-0.39, 0.29) is 17.7 Å². The molecule has 168 valence electrons. The Balaban J connectivity index is 1.53. The third-order valence-electron chi connectivity index (χ3n) is 6.16. The van der Waals surface area contributed by atoms with Crippen LogP contribution in [0.3, 0.4) is 0 Å². The SMILES string of the molecule is Cc1ccc(N2CCN(C)CC2)cc1C(=O)NC(C)c1cc(O)cc(-c2cnn(C)c2)c1. The molecule has 2 N–H and O–H groups in total. The van der Waals surface area contributed by atoms with Gasteiger partial charge in [0.05, 0.1) is 12.2 Å². The molecule has 1 aliphatic heterocycles. The fraction of sp³-hybridized carbons (Fsp3) is 0.360. The van der Waals surface area contributed by atoms with E-state index in [1.165, 1.54) is 0 Å². The summed E-state index contributed by atoms with van der Waals surface area (Å²) in [5.41, 5.74) is 5.32. The molecule has 7 nitrogen and oxygen atoms in total. The van der Waals surface area contributed by atoms with Crippen molar-refractivity contribution in [2.24, 2.45) is 7.05 Å². The summed E-state index contributed by atoms with van der Waals surface area (Å²) in [6.45, 7) is 7.84. The van der Waals surface area contributed by atoms with Crippen LogP contribution in [0.4, 0.5) is 5.69 Å². The first kappa shape index (κ1) is 21.9. The van der Waals surface area contributed by atoms with E-state index in [4.69, 9.17) is 0 Å². The van der Waals surface area contributed by atoms with Gasteiger partial charge in [-0.15, -0.1) is 0 Å². The summed E-state index contributed by atoms with van der Waals surface area (Å²) in [6.07, 6.45) is 3.66. The maximum absolute atomic E-state index is 13.2. The Bertz CT molecular complexity index is 1120. The number of benzene rings is 2. The summed E-state index contributed by atoms with van der Waals surface area (Å²) in [5.74, 6) is 0.0490. The molecule has 1 aliphatic rings. The predicted molar refractivity (Wildman–Crippen MR) is 127 cm³/mol. The van der Waals surface area contributed by atoms with E-state index in [9.17, 15) is 9.90 Å². The lowest BCUT2D eigenvalue weighted by molar-refractivity contribution is 0.0939. The molecule has 0 spiro atoms. The van der Waals surface area contributed by atoms with Crippen molar-refractivity contribution in [2.45, 2.75) is 19.9 Å². The molecule has 0 aliphatic carbocycles. The quantitative estimate of drug-likeness (QED) is 0.646. The number of carbonyl (C=O) groups excluding carboxylic acids is 1. The number of anilines is 1. The Morgan fingerprint density at radius 3 is 2.50 bits per heavy atom. The monoisotopic (exact) mass is 433 g/mol. The van der Waals surface area contributed by atoms with Gasteiger partial charge in [-0.25, -0.2) is 0 Å². The first-order valence-electron chi connectivity index (χ1n) is 11.0. The molecule has 1 unspecified atom stereocenters. The van der Waals surface area contributed by atoms with Crippen LogP contribution in [0, 0.1) is 6.92 Å². The predicted octanol–water partition coefficient (Wildman–Crippen LogP) is 3.34. The number of phenols is 1. The molecule has 0 radical (unpaired) electrons. The van der Waals surface area contributed by atoms with Crippen molar-refractivity contribution >= 4 is 11.6 Å². The molecule has 1 amide bonds. The number of likely N-dealkylation sites (N-methyl/N-ethyl adjacent to an activating group) is 1. The van der Waals surface area contributed by atoms with Crippen LogP contribution < -0.4 is 10.2 Å². The highest BCUT2D eigenvalue weighted by Gasteiger charge is 2.19. The molecule has 1 saturated heterocycles. The van der Waals surface area contributed by atoms with Gasteiger partial charge in [0.15, 0.2) is 0 Å². The first-order chi connectivity index (χ1) is 15.3. The molecule has 4 rings (SSSR count). The van der Waals surface area contributed by atoms with E-state index in [2.05, 4.69) is 33.3 Å². The molecule has 0 saturated carbocycles. The maximum Gasteiger partial charge on any atom is 0.252 e. The average Bonchev–Trinajstić information content (AvgIpc) is 3.20. The van der Waals surface area contributed by atoms with Crippen molar-refractivity contribution in [1.82, 2.24) is 20.0 Å². The van der Waals surface area contributed by atoms with E-state index in [1.807, 2.05) is 45.3 Å². The largest absolute Gasteiger partial charge is 0.508 e. The van der Waals surface area contributed by atoms with Gasteiger partial charge in [0.1, 0.15) is 5.75 Å². The Morgan fingerprint density at radius 1 is 1.06 bits per heavy atom.